The Labute approximate surface area is 96.8 Å². The number of hydrogen-bond acceptors (Lipinski definition) is 3. The zero-order valence-electron chi connectivity index (χ0n) is 9.93. The molecule has 1 aliphatic heterocycles. The molecule has 0 spiro atoms. The minimum absolute atomic E-state index is 0.199. The molecule has 0 unspecified atom stereocenters. The summed E-state index contributed by atoms with van der Waals surface area (Å²) in [6.45, 7) is 9.20. The number of thioether (sulfide) groups is 1. The summed E-state index contributed by atoms with van der Waals surface area (Å²) in [6.07, 6.45) is 0.984. The van der Waals surface area contributed by atoms with Crippen molar-refractivity contribution in [3.63, 3.8) is 0 Å². The maximum Gasteiger partial charge on any atom is 0.224 e. The molecule has 0 aliphatic carbocycles. The summed E-state index contributed by atoms with van der Waals surface area (Å²) in [5.74, 6) is 1.41. The SMILES string of the molecule is CC(C)(C)SCCNC(=O)[C@H]1CCNC1. The number of hydrogen-bond donors (Lipinski definition) is 2. The summed E-state index contributed by atoms with van der Waals surface area (Å²) in [4.78, 5) is 11.6. The van der Waals surface area contributed by atoms with Gasteiger partial charge in [-0.2, -0.15) is 11.8 Å². The molecule has 1 aliphatic rings. The Kier molecular flexibility index (Phi) is 4.93. The van der Waals surface area contributed by atoms with Crippen molar-refractivity contribution in [2.24, 2.45) is 5.92 Å². The molecule has 1 saturated heterocycles. The molecule has 1 rings (SSSR count). The fourth-order valence-electron chi connectivity index (χ4n) is 1.55. The topological polar surface area (TPSA) is 41.1 Å². The molecule has 88 valence electrons. The molecule has 15 heavy (non-hydrogen) atoms. The average molecular weight is 230 g/mol. The van der Waals surface area contributed by atoms with E-state index in [0.29, 0.717) is 4.75 Å². The second-order valence-electron chi connectivity index (χ2n) is 4.94. The third kappa shape index (κ3) is 5.42. The molecule has 0 saturated carbocycles. The molecule has 0 aromatic carbocycles. The molecule has 2 N–H and O–H groups in total. The molecule has 1 fully saturated rings. The van der Waals surface area contributed by atoms with E-state index in [1.165, 1.54) is 0 Å². The minimum Gasteiger partial charge on any atom is -0.355 e. The highest BCUT2D eigenvalue weighted by Crippen LogP contribution is 2.22. The number of nitrogens with one attached hydrogen (secondary N) is 2. The summed E-state index contributed by atoms with van der Waals surface area (Å²) < 4.78 is 0.291. The van der Waals surface area contributed by atoms with E-state index < -0.39 is 0 Å². The summed E-state index contributed by atoms with van der Waals surface area (Å²) in [5.41, 5.74) is 0. The van der Waals surface area contributed by atoms with Gasteiger partial charge in [-0.1, -0.05) is 20.8 Å². The van der Waals surface area contributed by atoms with E-state index in [-0.39, 0.29) is 11.8 Å². The first-order valence-electron chi connectivity index (χ1n) is 5.61. The highest BCUT2D eigenvalue weighted by atomic mass is 32.2. The molecule has 1 heterocycles. The van der Waals surface area contributed by atoms with Gasteiger partial charge < -0.3 is 10.6 Å². The van der Waals surface area contributed by atoms with Crippen molar-refractivity contribution >= 4 is 17.7 Å². The smallest absolute Gasteiger partial charge is 0.224 e. The van der Waals surface area contributed by atoms with Crippen LogP contribution >= 0.6 is 11.8 Å². The van der Waals surface area contributed by atoms with Crippen LogP contribution in [0.25, 0.3) is 0 Å². The van der Waals surface area contributed by atoms with E-state index in [9.17, 15) is 4.79 Å². The van der Waals surface area contributed by atoms with Crippen LogP contribution in [0, 0.1) is 5.92 Å². The fraction of sp³-hybridized carbons (Fsp3) is 0.909. The van der Waals surface area contributed by atoms with Crippen LogP contribution in [0.5, 0.6) is 0 Å². The molecule has 0 radical (unpaired) electrons. The summed E-state index contributed by atoms with van der Waals surface area (Å²) in [6, 6.07) is 0. The first kappa shape index (κ1) is 12.8. The summed E-state index contributed by atoms with van der Waals surface area (Å²) >= 11 is 1.89. The van der Waals surface area contributed by atoms with E-state index >= 15 is 0 Å². The first-order valence-corrected chi connectivity index (χ1v) is 6.60. The molecule has 4 heteroatoms. The van der Waals surface area contributed by atoms with E-state index in [2.05, 4.69) is 31.4 Å². The third-order valence-corrected chi connectivity index (χ3v) is 3.64. The molecule has 1 amide bonds. The predicted octanol–water partition coefficient (Wildman–Crippen LogP) is 1.24. The van der Waals surface area contributed by atoms with Crippen LogP contribution in [0.1, 0.15) is 27.2 Å². The van der Waals surface area contributed by atoms with Crippen LogP contribution in [0.3, 0.4) is 0 Å². The van der Waals surface area contributed by atoms with Gasteiger partial charge in [0.25, 0.3) is 0 Å². The van der Waals surface area contributed by atoms with Gasteiger partial charge in [0.1, 0.15) is 0 Å². The van der Waals surface area contributed by atoms with Gasteiger partial charge in [-0.05, 0) is 13.0 Å². The van der Waals surface area contributed by atoms with Gasteiger partial charge in [-0.15, -0.1) is 0 Å². The minimum atomic E-state index is 0.199. The summed E-state index contributed by atoms with van der Waals surface area (Å²) in [7, 11) is 0. The van der Waals surface area contributed by atoms with Crippen molar-refractivity contribution in [1.29, 1.82) is 0 Å². The molecule has 1 atom stereocenters. The maximum absolute atomic E-state index is 11.6. The van der Waals surface area contributed by atoms with E-state index in [4.69, 9.17) is 0 Å². The molecule has 0 bridgehead atoms. The second kappa shape index (κ2) is 5.75. The molecular weight excluding hydrogens is 208 g/mol. The van der Waals surface area contributed by atoms with Crippen molar-refractivity contribution in [2.45, 2.75) is 31.9 Å². The zero-order chi connectivity index (χ0) is 11.3. The number of carbonyl (C=O) groups excluding carboxylic acids is 1. The van der Waals surface area contributed by atoms with Crippen LogP contribution in [0.2, 0.25) is 0 Å². The lowest BCUT2D eigenvalue weighted by molar-refractivity contribution is -0.124. The van der Waals surface area contributed by atoms with Crippen LogP contribution in [-0.2, 0) is 4.79 Å². The first-order chi connectivity index (χ1) is 6.99. The Balaban J connectivity index is 2.07. The van der Waals surface area contributed by atoms with Crippen molar-refractivity contribution in [1.82, 2.24) is 10.6 Å². The average Bonchev–Trinajstić information content (AvgIpc) is 2.63. The lowest BCUT2D eigenvalue weighted by atomic mass is 10.1. The van der Waals surface area contributed by atoms with Crippen molar-refractivity contribution in [2.75, 3.05) is 25.4 Å². The zero-order valence-corrected chi connectivity index (χ0v) is 10.7. The maximum atomic E-state index is 11.6. The van der Waals surface area contributed by atoms with E-state index in [1.807, 2.05) is 11.8 Å². The van der Waals surface area contributed by atoms with Crippen LogP contribution in [0.4, 0.5) is 0 Å². The van der Waals surface area contributed by atoms with Gasteiger partial charge in [0.2, 0.25) is 5.91 Å². The Morgan fingerprint density at radius 3 is 2.80 bits per heavy atom. The summed E-state index contributed by atoms with van der Waals surface area (Å²) in [5, 5.41) is 6.20. The number of rotatable bonds is 4. The Morgan fingerprint density at radius 1 is 1.53 bits per heavy atom. The van der Waals surface area contributed by atoms with Crippen LogP contribution in [-0.4, -0.2) is 36.0 Å². The predicted molar refractivity (Wildman–Crippen MR) is 66.2 cm³/mol. The lowest BCUT2D eigenvalue weighted by Crippen LogP contribution is -2.33. The van der Waals surface area contributed by atoms with Gasteiger partial charge >= 0.3 is 0 Å². The lowest BCUT2D eigenvalue weighted by Gasteiger charge is -2.18. The third-order valence-electron chi connectivity index (χ3n) is 2.37. The van der Waals surface area contributed by atoms with Crippen molar-refractivity contribution in [3.8, 4) is 0 Å². The monoisotopic (exact) mass is 230 g/mol. The highest BCUT2D eigenvalue weighted by molar-refractivity contribution is 8.00. The van der Waals surface area contributed by atoms with Crippen LogP contribution in [0.15, 0.2) is 0 Å². The Bertz CT molecular complexity index is 207. The number of carbonyl (C=O) groups is 1. The van der Waals surface area contributed by atoms with Crippen LogP contribution < -0.4 is 10.6 Å². The van der Waals surface area contributed by atoms with Gasteiger partial charge in [0.15, 0.2) is 0 Å². The van der Waals surface area contributed by atoms with E-state index in [0.717, 1.165) is 31.8 Å². The normalized spacial score (nSPS) is 21.7. The second-order valence-corrected chi connectivity index (χ2v) is 6.86. The number of amides is 1. The molecule has 0 aromatic heterocycles. The quantitative estimate of drug-likeness (QED) is 0.714. The molecular formula is C11H22N2OS. The van der Waals surface area contributed by atoms with Crippen molar-refractivity contribution in [3.05, 3.63) is 0 Å². The van der Waals surface area contributed by atoms with Crippen molar-refractivity contribution < 1.29 is 4.79 Å². The Morgan fingerprint density at radius 2 is 2.27 bits per heavy atom. The Hall–Kier alpha value is -0.220. The molecule has 3 nitrogen and oxygen atoms in total. The van der Waals surface area contributed by atoms with Gasteiger partial charge in [0, 0.05) is 23.6 Å². The fourth-order valence-corrected chi connectivity index (χ4v) is 2.37. The van der Waals surface area contributed by atoms with Gasteiger partial charge in [0.05, 0.1) is 5.92 Å². The molecule has 0 aromatic rings. The highest BCUT2D eigenvalue weighted by Gasteiger charge is 2.21. The van der Waals surface area contributed by atoms with E-state index in [1.54, 1.807) is 0 Å². The largest absolute Gasteiger partial charge is 0.355 e. The van der Waals surface area contributed by atoms with Gasteiger partial charge in [-0.25, -0.2) is 0 Å². The van der Waals surface area contributed by atoms with Gasteiger partial charge in [-0.3, -0.25) is 4.79 Å². The standard InChI is InChI=1S/C11H22N2OS/c1-11(2,3)15-7-6-13-10(14)9-4-5-12-8-9/h9,12H,4-8H2,1-3H3,(H,13,14)/t9-/m0/s1.